The van der Waals surface area contributed by atoms with E-state index in [0.717, 1.165) is 0 Å². The van der Waals surface area contributed by atoms with Crippen molar-refractivity contribution >= 4 is 0 Å². The predicted octanol–water partition coefficient (Wildman–Crippen LogP) is -3.83. The molecule has 1 aliphatic rings. The van der Waals surface area contributed by atoms with Gasteiger partial charge in [-0.1, -0.05) is 0 Å². The van der Waals surface area contributed by atoms with Gasteiger partial charge >= 0.3 is 0 Å². The van der Waals surface area contributed by atoms with E-state index >= 15 is 0 Å². The highest BCUT2D eigenvalue weighted by molar-refractivity contribution is 4.87. The molecule has 9 nitrogen and oxygen atoms in total. The summed E-state index contributed by atoms with van der Waals surface area (Å²) in [4.78, 5) is 0. The van der Waals surface area contributed by atoms with Crippen molar-refractivity contribution in [2.45, 2.75) is 42.9 Å². The van der Waals surface area contributed by atoms with Gasteiger partial charge in [0.05, 0.1) is 19.8 Å². The van der Waals surface area contributed by atoms with E-state index in [4.69, 9.17) is 29.5 Å². The van der Waals surface area contributed by atoms with Crippen LogP contribution in [0.4, 0.5) is 0 Å². The van der Waals surface area contributed by atoms with Crippen LogP contribution in [0.25, 0.3) is 0 Å². The van der Waals surface area contributed by atoms with Gasteiger partial charge < -0.3 is 44.8 Å². The fourth-order valence-electron chi connectivity index (χ4n) is 1.89. The molecule has 0 bridgehead atoms. The van der Waals surface area contributed by atoms with Crippen LogP contribution < -0.4 is 0 Å². The molecule has 20 heavy (non-hydrogen) atoms. The number of hydrogen-bond donors (Lipinski definition) is 6. The number of rotatable bonds is 8. The van der Waals surface area contributed by atoms with Crippen molar-refractivity contribution in [2.24, 2.45) is 0 Å². The van der Waals surface area contributed by atoms with Crippen LogP contribution in [-0.4, -0.2) is 100 Å². The Hall–Kier alpha value is -0.360. The lowest BCUT2D eigenvalue weighted by Gasteiger charge is -2.24. The van der Waals surface area contributed by atoms with Gasteiger partial charge in [0, 0.05) is 7.11 Å². The van der Waals surface area contributed by atoms with Crippen molar-refractivity contribution in [3.05, 3.63) is 0 Å². The largest absolute Gasteiger partial charge is 0.394 e. The van der Waals surface area contributed by atoms with Gasteiger partial charge in [-0.3, -0.25) is 0 Å². The van der Waals surface area contributed by atoms with Gasteiger partial charge in [0.2, 0.25) is 0 Å². The molecule has 0 amide bonds. The Morgan fingerprint density at radius 1 is 1.15 bits per heavy atom. The Labute approximate surface area is 115 Å². The molecule has 1 fully saturated rings. The molecule has 7 atom stereocenters. The first-order valence-corrected chi connectivity index (χ1v) is 6.20. The zero-order valence-corrected chi connectivity index (χ0v) is 11.1. The minimum Gasteiger partial charge on any atom is -0.394 e. The molecular formula is C11H22O9. The zero-order valence-electron chi connectivity index (χ0n) is 11.1. The molecule has 1 rings (SSSR count). The minimum absolute atomic E-state index is 0.409. The quantitative estimate of drug-likeness (QED) is 0.265. The van der Waals surface area contributed by atoms with Crippen molar-refractivity contribution in [1.29, 1.82) is 0 Å². The molecule has 0 aliphatic carbocycles. The first kappa shape index (κ1) is 17.7. The molecule has 0 saturated carbocycles. The van der Waals surface area contributed by atoms with Gasteiger partial charge in [0.15, 0.2) is 6.29 Å². The number of hydrogen-bond acceptors (Lipinski definition) is 9. The summed E-state index contributed by atoms with van der Waals surface area (Å²) in [6.45, 7) is -1.53. The van der Waals surface area contributed by atoms with E-state index in [-0.39, 0.29) is 0 Å². The standard InChI is InChI=1S/C11H22O9/c1-18-10-9(17)7(3-13)20-11(10)19-4-6(15)8(16)5(14)2-12/h5-17H,2-4H2,1H3/t5?,6?,7-,8?,9?,10?,11-/m1/s1. The lowest BCUT2D eigenvalue weighted by Crippen LogP contribution is -2.43. The highest BCUT2D eigenvalue weighted by atomic mass is 16.7. The van der Waals surface area contributed by atoms with E-state index in [1.54, 1.807) is 0 Å². The highest BCUT2D eigenvalue weighted by Gasteiger charge is 2.44. The van der Waals surface area contributed by atoms with Gasteiger partial charge in [0.1, 0.15) is 36.6 Å². The van der Waals surface area contributed by atoms with Crippen molar-refractivity contribution in [1.82, 2.24) is 0 Å². The second-order valence-corrected chi connectivity index (χ2v) is 4.56. The summed E-state index contributed by atoms with van der Waals surface area (Å²) in [5.41, 5.74) is 0. The Balaban J connectivity index is 2.48. The van der Waals surface area contributed by atoms with Crippen LogP contribution in [0.2, 0.25) is 0 Å². The van der Waals surface area contributed by atoms with Gasteiger partial charge in [-0.2, -0.15) is 0 Å². The third kappa shape index (κ3) is 4.07. The van der Waals surface area contributed by atoms with Crippen LogP contribution >= 0.6 is 0 Å². The molecule has 0 aromatic carbocycles. The molecule has 1 saturated heterocycles. The van der Waals surface area contributed by atoms with Crippen LogP contribution in [0, 0.1) is 0 Å². The summed E-state index contributed by atoms with van der Waals surface area (Å²) < 4.78 is 15.3. The summed E-state index contributed by atoms with van der Waals surface area (Å²) in [5, 5.41) is 55.6. The molecule has 0 aromatic heterocycles. The average molecular weight is 298 g/mol. The molecule has 0 spiro atoms. The smallest absolute Gasteiger partial charge is 0.187 e. The van der Waals surface area contributed by atoms with Gasteiger partial charge in [-0.15, -0.1) is 0 Å². The maximum absolute atomic E-state index is 9.74. The third-order valence-electron chi connectivity index (χ3n) is 3.15. The molecule has 1 aliphatic heterocycles. The summed E-state index contributed by atoms with van der Waals surface area (Å²) in [6.07, 6.45) is -8.36. The highest BCUT2D eigenvalue weighted by Crippen LogP contribution is 2.24. The summed E-state index contributed by atoms with van der Waals surface area (Å²) >= 11 is 0. The second kappa shape index (κ2) is 8.17. The minimum atomic E-state index is -1.58. The molecule has 0 radical (unpaired) electrons. The van der Waals surface area contributed by atoms with Gasteiger partial charge in [-0.05, 0) is 0 Å². The molecule has 120 valence electrons. The second-order valence-electron chi connectivity index (χ2n) is 4.56. The molecule has 1 heterocycles. The van der Waals surface area contributed by atoms with Crippen molar-refractivity contribution in [3.8, 4) is 0 Å². The lowest BCUT2D eigenvalue weighted by atomic mass is 10.1. The summed E-state index contributed by atoms with van der Waals surface area (Å²) in [5.74, 6) is 0. The maximum Gasteiger partial charge on any atom is 0.187 e. The van der Waals surface area contributed by atoms with E-state index in [1.165, 1.54) is 7.11 Å². The summed E-state index contributed by atoms with van der Waals surface area (Å²) in [7, 11) is 1.33. The maximum atomic E-state index is 9.74. The lowest BCUT2D eigenvalue weighted by molar-refractivity contribution is -0.198. The van der Waals surface area contributed by atoms with E-state index in [1.807, 2.05) is 0 Å². The fourth-order valence-corrected chi connectivity index (χ4v) is 1.89. The number of methoxy groups -OCH3 is 1. The molecular weight excluding hydrogens is 276 g/mol. The Kier molecular flexibility index (Phi) is 7.23. The molecule has 9 heteroatoms. The average Bonchev–Trinajstić information content (AvgIpc) is 2.78. The van der Waals surface area contributed by atoms with Crippen molar-refractivity contribution in [3.63, 3.8) is 0 Å². The normalized spacial score (nSPS) is 35.0. The fraction of sp³-hybridized carbons (Fsp3) is 1.00. The van der Waals surface area contributed by atoms with E-state index in [9.17, 15) is 15.3 Å². The van der Waals surface area contributed by atoms with Crippen LogP contribution in [0.15, 0.2) is 0 Å². The molecule has 0 aromatic rings. The van der Waals surface area contributed by atoms with E-state index in [2.05, 4.69) is 0 Å². The van der Waals surface area contributed by atoms with Gasteiger partial charge in [0.25, 0.3) is 0 Å². The van der Waals surface area contributed by atoms with Crippen LogP contribution in [-0.2, 0) is 14.2 Å². The molecule has 5 unspecified atom stereocenters. The van der Waals surface area contributed by atoms with E-state index < -0.39 is 62.7 Å². The van der Waals surface area contributed by atoms with Crippen LogP contribution in [0.5, 0.6) is 0 Å². The first-order chi connectivity index (χ1) is 9.46. The van der Waals surface area contributed by atoms with Crippen LogP contribution in [0.1, 0.15) is 0 Å². The van der Waals surface area contributed by atoms with Gasteiger partial charge in [-0.25, -0.2) is 0 Å². The monoisotopic (exact) mass is 298 g/mol. The molecule has 6 N–H and O–H groups in total. The van der Waals surface area contributed by atoms with Crippen LogP contribution in [0.3, 0.4) is 0 Å². The Bertz CT molecular complexity index is 277. The van der Waals surface area contributed by atoms with Crippen molar-refractivity contribution < 1.29 is 44.8 Å². The topological polar surface area (TPSA) is 149 Å². The Morgan fingerprint density at radius 3 is 2.30 bits per heavy atom. The third-order valence-corrected chi connectivity index (χ3v) is 3.15. The zero-order chi connectivity index (χ0) is 15.3. The predicted molar refractivity (Wildman–Crippen MR) is 63.6 cm³/mol. The number of ether oxygens (including phenoxy) is 3. The number of aliphatic hydroxyl groups is 6. The Morgan fingerprint density at radius 2 is 1.80 bits per heavy atom. The summed E-state index contributed by atoms with van der Waals surface area (Å²) in [6, 6.07) is 0. The number of aliphatic hydroxyl groups excluding tert-OH is 6. The SMILES string of the molecule is COC1C(O)[C@@H](CO)O[C@H]1OCC(O)C(O)C(O)CO. The van der Waals surface area contributed by atoms with Crippen molar-refractivity contribution in [2.75, 3.05) is 26.9 Å². The first-order valence-electron chi connectivity index (χ1n) is 6.20. The van der Waals surface area contributed by atoms with E-state index in [0.29, 0.717) is 0 Å².